The number of nitrogens with zero attached hydrogens (tertiary/aromatic N) is 1. The number of rotatable bonds is 4. The number of carboxylic acid groups (broad SMARTS) is 1. The van der Waals surface area contributed by atoms with Gasteiger partial charge in [0.1, 0.15) is 0 Å². The van der Waals surface area contributed by atoms with E-state index < -0.39 is 6.09 Å². The molecule has 122 valence electrons. The predicted octanol–water partition coefficient (Wildman–Crippen LogP) is 3.23. The zero-order chi connectivity index (χ0) is 16.1. The normalized spacial score (nSPS) is 22.4. The summed E-state index contributed by atoms with van der Waals surface area (Å²) in [5.74, 6) is -0.139. The minimum atomic E-state index is -0.962. The minimum Gasteiger partial charge on any atom is -0.465 e. The summed E-state index contributed by atoms with van der Waals surface area (Å²) in [5, 5.41) is 19.2. The third-order valence-electron chi connectivity index (χ3n) is 3.85. The molecule has 2 atom stereocenters. The van der Waals surface area contributed by atoms with Crippen molar-refractivity contribution in [2.45, 2.75) is 24.9 Å². The summed E-state index contributed by atoms with van der Waals surface area (Å²) in [6, 6.07) is 5.31. The maximum absolute atomic E-state index is 11.3. The van der Waals surface area contributed by atoms with Crippen LogP contribution in [0.2, 0.25) is 10.0 Å². The maximum atomic E-state index is 11.3. The number of carbonyl (C=O) groups is 1. The Morgan fingerprint density at radius 2 is 2.14 bits per heavy atom. The van der Waals surface area contributed by atoms with E-state index in [2.05, 4.69) is 0 Å². The molecule has 1 aromatic rings. The highest BCUT2D eigenvalue weighted by atomic mass is 35.5. The van der Waals surface area contributed by atoms with Gasteiger partial charge in [-0.2, -0.15) is 0 Å². The van der Waals surface area contributed by atoms with Crippen molar-refractivity contribution in [2.24, 2.45) is 0 Å². The first-order chi connectivity index (χ1) is 10.5. The van der Waals surface area contributed by atoms with Gasteiger partial charge in [-0.05, 0) is 30.5 Å². The molecule has 2 unspecified atom stereocenters. The Morgan fingerprint density at radius 1 is 1.36 bits per heavy atom. The van der Waals surface area contributed by atoms with Crippen LogP contribution in [0.4, 0.5) is 4.79 Å². The number of benzene rings is 1. The van der Waals surface area contributed by atoms with Crippen molar-refractivity contribution in [1.29, 1.82) is 0 Å². The van der Waals surface area contributed by atoms with Crippen LogP contribution in [-0.2, 0) is 4.74 Å². The molecule has 2 N–H and O–H groups in total. The second kappa shape index (κ2) is 8.02. The molecule has 22 heavy (non-hydrogen) atoms. The number of amides is 1. The highest BCUT2D eigenvalue weighted by Gasteiger charge is 2.31. The SMILES string of the molecule is O=C(O)N1CCOC(CCCO)C(c2ccc(Cl)c(Cl)c2)C1. The Kier molecular flexibility index (Phi) is 6.32. The van der Waals surface area contributed by atoms with Crippen LogP contribution in [0.25, 0.3) is 0 Å². The lowest BCUT2D eigenvalue weighted by Gasteiger charge is -2.27. The van der Waals surface area contributed by atoms with Gasteiger partial charge in [-0.1, -0.05) is 29.3 Å². The molecule has 0 spiro atoms. The quantitative estimate of drug-likeness (QED) is 0.877. The van der Waals surface area contributed by atoms with Crippen LogP contribution in [0.3, 0.4) is 0 Å². The van der Waals surface area contributed by atoms with Crippen molar-refractivity contribution in [3.05, 3.63) is 33.8 Å². The molecule has 0 saturated carbocycles. The standard InChI is InChI=1S/C15H19Cl2NO4/c16-12-4-3-10(8-13(12)17)11-9-18(15(20)21)5-7-22-14(11)2-1-6-19/h3-4,8,11,14,19H,1-2,5-7,9H2,(H,20,21). The highest BCUT2D eigenvalue weighted by Crippen LogP contribution is 2.32. The van der Waals surface area contributed by atoms with E-state index in [0.717, 1.165) is 5.56 Å². The number of hydrogen-bond acceptors (Lipinski definition) is 3. The first-order valence-electron chi connectivity index (χ1n) is 7.18. The maximum Gasteiger partial charge on any atom is 0.407 e. The highest BCUT2D eigenvalue weighted by molar-refractivity contribution is 6.42. The molecule has 1 aromatic carbocycles. The summed E-state index contributed by atoms with van der Waals surface area (Å²) < 4.78 is 5.83. The Labute approximate surface area is 139 Å². The first kappa shape index (κ1) is 17.3. The van der Waals surface area contributed by atoms with E-state index in [0.29, 0.717) is 42.6 Å². The fourth-order valence-electron chi connectivity index (χ4n) is 2.69. The number of aliphatic hydroxyl groups excluding tert-OH is 1. The molecule has 0 radical (unpaired) electrons. The lowest BCUT2D eigenvalue weighted by Crippen LogP contribution is -2.35. The zero-order valence-corrected chi connectivity index (χ0v) is 13.6. The Morgan fingerprint density at radius 3 is 2.77 bits per heavy atom. The summed E-state index contributed by atoms with van der Waals surface area (Å²) in [6.07, 6.45) is 0.148. The molecular weight excluding hydrogens is 329 g/mol. The van der Waals surface area contributed by atoms with Gasteiger partial charge in [0, 0.05) is 25.6 Å². The van der Waals surface area contributed by atoms with Crippen LogP contribution in [-0.4, -0.2) is 53.6 Å². The summed E-state index contributed by atoms with van der Waals surface area (Å²) in [4.78, 5) is 12.7. The monoisotopic (exact) mass is 347 g/mol. The summed E-state index contributed by atoms with van der Waals surface area (Å²) in [6.45, 7) is 1.10. The van der Waals surface area contributed by atoms with Gasteiger partial charge in [-0.25, -0.2) is 4.79 Å². The molecule has 1 amide bonds. The molecule has 1 aliphatic heterocycles. The van der Waals surface area contributed by atoms with Gasteiger partial charge in [0.2, 0.25) is 0 Å². The smallest absolute Gasteiger partial charge is 0.407 e. The molecular formula is C15H19Cl2NO4. The van der Waals surface area contributed by atoms with Crippen LogP contribution in [0.5, 0.6) is 0 Å². The summed E-state index contributed by atoms with van der Waals surface area (Å²) >= 11 is 12.0. The molecule has 1 heterocycles. The minimum absolute atomic E-state index is 0.0800. The van der Waals surface area contributed by atoms with Crippen molar-refractivity contribution < 1.29 is 19.7 Å². The third-order valence-corrected chi connectivity index (χ3v) is 4.59. The van der Waals surface area contributed by atoms with E-state index in [1.807, 2.05) is 6.07 Å². The van der Waals surface area contributed by atoms with Crippen molar-refractivity contribution in [2.75, 3.05) is 26.3 Å². The van der Waals surface area contributed by atoms with Crippen LogP contribution in [0, 0.1) is 0 Å². The summed E-state index contributed by atoms with van der Waals surface area (Å²) in [5.41, 5.74) is 0.894. The average molecular weight is 348 g/mol. The molecule has 1 saturated heterocycles. The Balaban J connectivity index is 2.28. The molecule has 7 heteroatoms. The largest absolute Gasteiger partial charge is 0.465 e. The van der Waals surface area contributed by atoms with E-state index in [4.69, 9.17) is 33.0 Å². The number of ether oxygens (including phenoxy) is 1. The van der Waals surface area contributed by atoms with Gasteiger partial charge >= 0.3 is 6.09 Å². The number of aliphatic hydroxyl groups is 1. The molecule has 0 aromatic heterocycles. The fourth-order valence-corrected chi connectivity index (χ4v) is 3.00. The van der Waals surface area contributed by atoms with Gasteiger partial charge in [-0.15, -0.1) is 0 Å². The van der Waals surface area contributed by atoms with Crippen molar-refractivity contribution in [3.8, 4) is 0 Å². The van der Waals surface area contributed by atoms with Gasteiger partial charge in [0.15, 0.2) is 0 Å². The topological polar surface area (TPSA) is 70.0 Å². The first-order valence-corrected chi connectivity index (χ1v) is 7.93. The second-order valence-electron chi connectivity index (χ2n) is 5.28. The van der Waals surface area contributed by atoms with Gasteiger partial charge < -0.3 is 19.8 Å². The second-order valence-corrected chi connectivity index (χ2v) is 6.10. The van der Waals surface area contributed by atoms with Crippen molar-refractivity contribution in [3.63, 3.8) is 0 Å². The van der Waals surface area contributed by atoms with Crippen LogP contribution >= 0.6 is 23.2 Å². The molecule has 1 fully saturated rings. The fraction of sp³-hybridized carbons (Fsp3) is 0.533. The van der Waals surface area contributed by atoms with Crippen LogP contribution in [0.15, 0.2) is 18.2 Å². The number of halogens is 2. The van der Waals surface area contributed by atoms with Crippen LogP contribution in [0.1, 0.15) is 24.3 Å². The summed E-state index contributed by atoms with van der Waals surface area (Å²) in [7, 11) is 0. The van der Waals surface area contributed by atoms with Gasteiger partial charge in [0.05, 0.1) is 22.8 Å². The van der Waals surface area contributed by atoms with Gasteiger partial charge in [0.25, 0.3) is 0 Å². The van der Waals surface area contributed by atoms with Crippen LogP contribution < -0.4 is 0 Å². The molecule has 0 aliphatic carbocycles. The Bertz CT molecular complexity index is 526. The molecule has 1 aliphatic rings. The molecule has 2 rings (SSSR count). The third kappa shape index (κ3) is 4.26. The van der Waals surface area contributed by atoms with Crippen molar-refractivity contribution >= 4 is 29.3 Å². The van der Waals surface area contributed by atoms with E-state index >= 15 is 0 Å². The molecule has 5 nitrogen and oxygen atoms in total. The van der Waals surface area contributed by atoms with E-state index in [9.17, 15) is 9.90 Å². The van der Waals surface area contributed by atoms with Gasteiger partial charge in [-0.3, -0.25) is 0 Å². The average Bonchev–Trinajstić information content (AvgIpc) is 2.70. The predicted molar refractivity (Wildman–Crippen MR) is 84.9 cm³/mol. The Hall–Kier alpha value is -1.01. The lowest BCUT2D eigenvalue weighted by molar-refractivity contribution is 0.0404. The van der Waals surface area contributed by atoms with E-state index in [-0.39, 0.29) is 18.6 Å². The molecule has 0 bridgehead atoms. The zero-order valence-electron chi connectivity index (χ0n) is 12.0. The van der Waals surface area contributed by atoms with E-state index in [1.54, 1.807) is 12.1 Å². The lowest BCUT2D eigenvalue weighted by atomic mass is 9.90. The van der Waals surface area contributed by atoms with E-state index in [1.165, 1.54) is 4.90 Å². The number of hydrogen-bond donors (Lipinski definition) is 2. The van der Waals surface area contributed by atoms with Crippen molar-refractivity contribution in [1.82, 2.24) is 4.90 Å².